The highest BCUT2D eigenvalue weighted by Gasteiger charge is 2.42. The lowest BCUT2D eigenvalue weighted by molar-refractivity contribution is 0.347. The molecule has 6 aromatic rings. The summed E-state index contributed by atoms with van der Waals surface area (Å²) in [4.78, 5) is 27.3. The molecule has 0 bridgehead atoms. The highest BCUT2D eigenvalue weighted by molar-refractivity contribution is 7.18. The maximum Gasteiger partial charge on any atom is 0.233 e. The fourth-order valence-corrected chi connectivity index (χ4v) is 7.34. The Morgan fingerprint density at radius 3 is 2.25 bits per heavy atom. The van der Waals surface area contributed by atoms with E-state index in [-0.39, 0.29) is 11.8 Å². The smallest absolute Gasteiger partial charge is 0.233 e. The van der Waals surface area contributed by atoms with E-state index in [0.29, 0.717) is 45.5 Å². The van der Waals surface area contributed by atoms with E-state index >= 15 is 0 Å². The predicted molar refractivity (Wildman–Crippen MR) is 155 cm³/mol. The zero-order valence-electron chi connectivity index (χ0n) is 21.2. The zero-order valence-corrected chi connectivity index (χ0v) is 22.8. The van der Waals surface area contributed by atoms with Crippen molar-refractivity contribution in [3.8, 4) is 34.8 Å². The van der Waals surface area contributed by atoms with Crippen molar-refractivity contribution in [2.75, 3.05) is 13.1 Å². The van der Waals surface area contributed by atoms with Crippen molar-refractivity contribution in [1.29, 1.82) is 0 Å². The Morgan fingerprint density at radius 2 is 1.55 bits per heavy atom. The van der Waals surface area contributed by atoms with E-state index < -0.39 is 0 Å². The van der Waals surface area contributed by atoms with E-state index in [0.717, 1.165) is 58.4 Å². The largest absolute Gasteiger partial charge is 0.492 e. The molecule has 40 heavy (non-hydrogen) atoms. The molecule has 1 aliphatic heterocycles. The highest BCUT2D eigenvalue weighted by atomic mass is 32.1. The third kappa shape index (κ3) is 4.00. The van der Waals surface area contributed by atoms with Crippen LogP contribution in [0.25, 0.3) is 43.5 Å². The van der Waals surface area contributed by atoms with Crippen molar-refractivity contribution in [3.05, 3.63) is 70.2 Å². The van der Waals surface area contributed by atoms with Crippen molar-refractivity contribution in [3.63, 3.8) is 0 Å². The van der Waals surface area contributed by atoms with Gasteiger partial charge in [-0.1, -0.05) is 12.1 Å². The zero-order chi connectivity index (χ0) is 26.8. The molecular weight excluding hydrogens is 543 g/mol. The van der Waals surface area contributed by atoms with E-state index in [1.165, 1.54) is 22.7 Å². The van der Waals surface area contributed by atoms with Crippen LogP contribution in [0.4, 0.5) is 0 Å². The van der Waals surface area contributed by atoms with Crippen molar-refractivity contribution >= 4 is 43.1 Å². The molecule has 8 rings (SSSR count). The van der Waals surface area contributed by atoms with Crippen LogP contribution in [0.1, 0.15) is 34.9 Å². The number of aromatic nitrogens is 6. The lowest BCUT2D eigenvalue weighted by Gasteiger charge is -2.26. The summed E-state index contributed by atoms with van der Waals surface area (Å²) in [6.07, 6.45) is 5.51. The Morgan fingerprint density at radius 1 is 0.800 bits per heavy atom. The number of thiophene rings is 2. The Hall–Kier alpha value is -4.06. The Labute approximate surface area is 236 Å². The van der Waals surface area contributed by atoms with Crippen LogP contribution in [0.5, 0.6) is 11.8 Å². The van der Waals surface area contributed by atoms with Crippen LogP contribution >= 0.6 is 22.7 Å². The monoisotopic (exact) mass is 565 g/mol. The van der Waals surface area contributed by atoms with E-state index in [2.05, 4.69) is 37.1 Å². The first-order valence-electron chi connectivity index (χ1n) is 13.2. The van der Waals surface area contributed by atoms with E-state index in [1.54, 1.807) is 6.20 Å². The van der Waals surface area contributed by atoms with Crippen LogP contribution in [0, 0.1) is 5.92 Å². The van der Waals surface area contributed by atoms with Gasteiger partial charge in [0.2, 0.25) is 11.8 Å². The van der Waals surface area contributed by atoms with Crippen molar-refractivity contribution in [1.82, 2.24) is 35.2 Å². The van der Waals surface area contributed by atoms with Crippen LogP contribution < -0.4 is 5.32 Å². The van der Waals surface area contributed by atoms with Gasteiger partial charge in [-0.3, -0.25) is 9.97 Å². The molecular formula is C29H23N7O2S2. The first-order chi connectivity index (χ1) is 19.6. The van der Waals surface area contributed by atoms with Gasteiger partial charge in [-0.05, 0) is 89.3 Å². The maximum atomic E-state index is 10.6. The fraction of sp³-hybridized carbons (Fsp3) is 0.241. The fourth-order valence-electron chi connectivity index (χ4n) is 5.47. The summed E-state index contributed by atoms with van der Waals surface area (Å²) in [6, 6.07) is 9.57. The molecule has 1 unspecified atom stereocenters. The van der Waals surface area contributed by atoms with Gasteiger partial charge in [-0.2, -0.15) is 9.97 Å². The van der Waals surface area contributed by atoms with Gasteiger partial charge in [-0.15, -0.1) is 22.7 Å². The third-order valence-corrected chi connectivity index (χ3v) is 9.80. The van der Waals surface area contributed by atoms with Crippen LogP contribution in [0.2, 0.25) is 0 Å². The van der Waals surface area contributed by atoms with Gasteiger partial charge in [0.25, 0.3) is 0 Å². The normalized spacial score (nSPS) is 18.8. The number of hydrogen-bond donors (Lipinski definition) is 3. The summed E-state index contributed by atoms with van der Waals surface area (Å²) < 4.78 is 1.43. The predicted octanol–water partition coefficient (Wildman–Crippen LogP) is 5.26. The van der Waals surface area contributed by atoms with Gasteiger partial charge in [0, 0.05) is 12.4 Å². The number of nitrogens with one attached hydrogen (secondary N) is 1. The number of aromatic hydroxyl groups is 2. The van der Waals surface area contributed by atoms with Crippen molar-refractivity contribution in [2.45, 2.75) is 24.7 Å². The summed E-state index contributed by atoms with van der Waals surface area (Å²) in [5, 5.41) is 28.7. The van der Waals surface area contributed by atoms with Crippen molar-refractivity contribution < 1.29 is 10.2 Å². The molecule has 6 aromatic heterocycles. The van der Waals surface area contributed by atoms with Gasteiger partial charge in [0.1, 0.15) is 20.8 Å². The van der Waals surface area contributed by atoms with Crippen LogP contribution in [-0.2, 0) is 6.42 Å². The van der Waals surface area contributed by atoms with E-state index in [9.17, 15) is 10.2 Å². The molecule has 2 aliphatic rings. The summed E-state index contributed by atoms with van der Waals surface area (Å²) in [5.74, 6) is 2.07. The lowest BCUT2D eigenvalue weighted by atomic mass is 9.95. The van der Waals surface area contributed by atoms with Crippen LogP contribution in [0.15, 0.2) is 53.5 Å². The van der Waals surface area contributed by atoms with E-state index in [4.69, 9.17) is 15.0 Å². The molecule has 198 valence electrons. The molecule has 0 aromatic carbocycles. The first-order valence-corrected chi connectivity index (χ1v) is 14.9. The second-order valence-corrected chi connectivity index (χ2v) is 12.2. The molecule has 0 radical (unpaired) electrons. The Balaban J connectivity index is 1.06. The molecule has 1 saturated carbocycles. The standard InChI is InChI=1S/C29H23N7O2S2/c37-28-24-22(16(12-39-24)7-14-9-30-10-14)33-27(36-28)21-5-4-15(11-32-21)17-8-18(17)19-13-40-25-23(19)34-26(35-29(25)38)20-3-1-2-6-31-20/h1-6,11-14,17-18,30H,7-10H2,(H,33,36,37)(H,34,35,38)/t17?,18-/m1/s1. The number of fused-ring (bicyclic) bond motifs is 2. The molecule has 9 nitrogen and oxygen atoms in total. The van der Waals surface area contributed by atoms with Gasteiger partial charge < -0.3 is 15.5 Å². The number of nitrogens with zero attached hydrogens (tertiary/aromatic N) is 6. The minimum absolute atomic E-state index is 0.00997. The molecule has 2 fully saturated rings. The molecule has 0 spiro atoms. The number of hydrogen-bond acceptors (Lipinski definition) is 11. The highest BCUT2D eigenvalue weighted by Crippen LogP contribution is 2.57. The summed E-state index contributed by atoms with van der Waals surface area (Å²) in [5.41, 5.74) is 6.30. The molecule has 3 N–H and O–H groups in total. The van der Waals surface area contributed by atoms with Gasteiger partial charge in [0.15, 0.2) is 11.6 Å². The average Bonchev–Trinajstić information content (AvgIpc) is 3.44. The van der Waals surface area contributed by atoms with Crippen LogP contribution in [0.3, 0.4) is 0 Å². The third-order valence-electron chi connectivity index (χ3n) is 7.80. The molecule has 7 heterocycles. The molecule has 2 atom stereocenters. The number of pyridine rings is 2. The van der Waals surface area contributed by atoms with Gasteiger partial charge in [0.05, 0.1) is 11.0 Å². The minimum Gasteiger partial charge on any atom is -0.492 e. The van der Waals surface area contributed by atoms with Crippen LogP contribution in [-0.4, -0.2) is 53.2 Å². The second-order valence-electron chi connectivity index (χ2n) is 10.4. The average molecular weight is 566 g/mol. The summed E-state index contributed by atoms with van der Waals surface area (Å²) in [7, 11) is 0. The molecule has 11 heteroatoms. The first kappa shape index (κ1) is 23.8. The summed E-state index contributed by atoms with van der Waals surface area (Å²) >= 11 is 2.96. The lowest BCUT2D eigenvalue weighted by Crippen LogP contribution is -2.43. The second kappa shape index (κ2) is 9.26. The summed E-state index contributed by atoms with van der Waals surface area (Å²) in [6.45, 7) is 2.04. The SMILES string of the molecule is Oc1nc(-c2ccc(C3C[C@H]3c3csc4c(O)nc(-c5ccccn5)nc34)cn2)nc2c(CC3CNC3)csc12. The van der Waals surface area contributed by atoms with Gasteiger partial charge >= 0.3 is 0 Å². The molecule has 1 saturated heterocycles. The van der Waals surface area contributed by atoms with Crippen molar-refractivity contribution in [2.24, 2.45) is 5.92 Å². The molecule has 0 amide bonds. The number of rotatable bonds is 6. The maximum absolute atomic E-state index is 10.6. The Bertz CT molecular complexity index is 1880. The molecule has 1 aliphatic carbocycles. The van der Waals surface area contributed by atoms with Gasteiger partial charge in [-0.25, -0.2) is 9.97 Å². The minimum atomic E-state index is -0.0107. The Kier molecular flexibility index (Phi) is 5.51. The topological polar surface area (TPSA) is 130 Å². The van der Waals surface area contributed by atoms with E-state index in [1.807, 2.05) is 30.5 Å². The quantitative estimate of drug-likeness (QED) is 0.247.